The van der Waals surface area contributed by atoms with E-state index in [1.165, 1.54) is 46.4 Å². The minimum absolute atomic E-state index is 0. The Morgan fingerprint density at radius 3 is 2.21 bits per heavy atom. The second-order valence-electron chi connectivity index (χ2n) is 9.91. The third kappa shape index (κ3) is 10.3. The number of pyridine rings is 1. The Bertz CT molecular complexity index is 1330. The van der Waals surface area contributed by atoms with Crippen LogP contribution in [0, 0.1) is 19.8 Å². The number of rotatable bonds is 6. The smallest absolute Gasteiger partial charge is 0.253 e. The summed E-state index contributed by atoms with van der Waals surface area (Å²) in [4.78, 5) is 4.71. The number of aromatic nitrogens is 1. The maximum absolute atomic E-state index is 4.71. The van der Waals surface area contributed by atoms with Crippen molar-refractivity contribution < 1.29 is 51.4 Å². The van der Waals surface area contributed by atoms with Crippen molar-refractivity contribution in [2.75, 3.05) is 0 Å². The molecule has 2 heteroatoms. The molecule has 0 amide bonds. The van der Waals surface area contributed by atoms with E-state index in [1.54, 1.807) is 0 Å². The van der Waals surface area contributed by atoms with E-state index >= 15 is 0 Å². The van der Waals surface area contributed by atoms with E-state index < -0.39 is 0 Å². The monoisotopic (exact) mass is 545 g/mol. The van der Waals surface area contributed by atoms with Crippen LogP contribution in [0.4, 0.5) is 0 Å². The Morgan fingerprint density at radius 2 is 1.64 bits per heavy atom. The fraction of sp³-hybridized carbons (Fsp3) is 0.351. The van der Waals surface area contributed by atoms with Gasteiger partial charge in [-0.05, 0) is 89.6 Å². The third-order valence-electron chi connectivity index (χ3n) is 6.77. The van der Waals surface area contributed by atoms with Gasteiger partial charge in [-0.25, -0.2) is 0 Å². The second-order valence-corrected chi connectivity index (χ2v) is 9.91. The molecule has 3 aromatic rings. The number of hydrogen-bond acceptors (Lipinski definition) is 1. The molecule has 1 aromatic heterocycles. The van der Waals surface area contributed by atoms with Crippen LogP contribution >= 0.6 is 0 Å². The molecule has 0 bridgehead atoms. The van der Waals surface area contributed by atoms with Crippen molar-refractivity contribution in [2.24, 2.45) is 5.92 Å². The zero-order valence-corrected chi connectivity index (χ0v) is 29.0. The molecule has 0 radical (unpaired) electrons. The molecule has 4 rings (SSSR count). The molecule has 0 aliphatic heterocycles. The van der Waals surface area contributed by atoms with Gasteiger partial charge >= 0.3 is 51.4 Å². The summed E-state index contributed by atoms with van der Waals surface area (Å²) in [7, 11) is 0. The normalized spacial score (nSPS) is 13.9. The van der Waals surface area contributed by atoms with E-state index in [9.17, 15) is 0 Å². The van der Waals surface area contributed by atoms with Crippen LogP contribution in [0.15, 0.2) is 67.3 Å². The molecule has 2 aromatic carbocycles. The summed E-state index contributed by atoms with van der Waals surface area (Å²) < 4.78 is 0. The average molecular weight is 546 g/mol. The van der Waals surface area contributed by atoms with Crippen molar-refractivity contribution in [1.29, 1.82) is 0 Å². The van der Waals surface area contributed by atoms with Crippen molar-refractivity contribution >= 4 is 23.3 Å². The molecule has 39 heavy (non-hydrogen) atoms. The zero-order valence-electron chi connectivity index (χ0n) is 25.9. The number of unbranched alkanes of at least 4 members (excludes halogenated alkanes) is 2. The van der Waals surface area contributed by atoms with Gasteiger partial charge in [-0.2, -0.15) is 24.6 Å². The van der Waals surface area contributed by atoms with Gasteiger partial charge in [-0.1, -0.05) is 84.8 Å². The maximum atomic E-state index is 4.71. The minimum atomic E-state index is 0. The van der Waals surface area contributed by atoms with Crippen LogP contribution < -0.4 is 61.8 Å². The summed E-state index contributed by atoms with van der Waals surface area (Å²) in [6, 6.07) is 19.3. The molecule has 0 saturated carbocycles. The van der Waals surface area contributed by atoms with E-state index in [1.807, 2.05) is 39.0 Å². The molecular weight excluding hydrogens is 498 g/mol. The van der Waals surface area contributed by atoms with Crippen molar-refractivity contribution in [3.8, 4) is 11.1 Å². The van der Waals surface area contributed by atoms with E-state index in [2.05, 4.69) is 95.8 Å². The van der Waals surface area contributed by atoms with Crippen LogP contribution in [0.25, 0.3) is 34.4 Å². The van der Waals surface area contributed by atoms with Crippen LogP contribution in [-0.4, -0.2) is 4.98 Å². The first-order valence-corrected chi connectivity index (χ1v) is 14.4. The molecular formula is C37H48KN. The van der Waals surface area contributed by atoms with Gasteiger partial charge in [0.05, 0.1) is 5.69 Å². The first-order valence-electron chi connectivity index (χ1n) is 14.4. The van der Waals surface area contributed by atoms with Gasteiger partial charge in [0, 0.05) is 11.3 Å². The summed E-state index contributed by atoms with van der Waals surface area (Å²) >= 11 is 0. The molecule has 1 unspecified atom stereocenters. The molecule has 1 atom stereocenters. The minimum Gasteiger partial charge on any atom is -0.253 e. The van der Waals surface area contributed by atoms with Gasteiger partial charge in [-0.3, -0.25) is 4.98 Å². The van der Waals surface area contributed by atoms with E-state index in [0.717, 1.165) is 40.9 Å². The van der Waals surface area contributed by atoms with Crippen molar-refractivity contribution in [2.45, 2.75) is 80.6 Å². The third-order valence-corrected chi connectivity index (χ3v) is 6.77. The molecule has 0 N–H and O–H groups in total. The average Bonchev–Trinajstić information content (AvgIpc) is 3.12. The van der Waals surface area contributed by atoms with Crippen molar-refractivity contribution in [1.82, 2.24) is 4.98 Å². The molecule has 1 heterocycles. The first-order chi connectivity index (χ1) is 18.4. The SMILES string of the molecule is C=C(/C(=C\C)c1cc(-c2ccc([CH2-])cc2)c2c(c1)=CCC(C)CC=2)c1cccc(C)n1.CC.CCCCC.[K+]. The summed E-state index contributed by atoms with van der Waals surface area (Å²) in [5, 5.41) is 2.64. The van der Waals surface area contributed by atoms with Crippen LogP contribution in [0.2, 0.25) is 0 Å². The van der Waals surface area contributed by atoms with Crippen LogP contribution in [0.5, 0.6) is 0 Å². The van der Waals surface area contributed by atoms with Gasteiger partial charge in [0.1, 0.15) is 0 Å². The zero-order chi connectivity index (χ0) is 28.1. The number of nitrogens with zero attached hydrogens (tertiary/aromatic N) is 1. The molecule has 202 valence electrons. The number of benzene rings is 2. The van der Waals surface area contributed by atoms with E-state index in [0.29, 0.717) is 5.92 Å². The van der Waals surface area contributed by atoms with Crippen LogP contribution in [0.1, 0.15) is 96.2 Å². The van der Waals surface area contributed by atoms with Crippen molar-refractivity contribution in [3.63, 3.8) is 0 Å². The van der Waals surface area contributed by atoms with Crippen LogP contribution in [0.3, 0.4) is 0 Å². The Morgan fingerprint density at radius 1 is 1.00 bits per heavy atom. The second kappa shape index (κ2) is 18.6. The maximum Gasteiger partial charge on any atom is 1.00 e. The Hall–Kier alpha value is -1.68. The fourth-order valence-electron chi connectivity index (χ4n) is 4.61. The molecule has 1 nitrogen and oxygen atoms in total. The van der Waals surface area contributed by atoms with Gasteiger partial charge in [-0.15, -0.1) is 12.1 Å². The van der Waals surface area contributed by atoms with Gasteiger partial charge in [0.15, 0.2) is 0 Å². The predicted molar refractivity (Wildman–Crippen MR) is 171 cm³/mol. The van der Waals surface area contributed by atoms with Crippen molar-refractivity contribution in [3.05, 3.63) is 107 Å². The topological polar surface area (TPSA) is 12.9 Å². The first kappa shape index (κ1) is 35.3. The van der Waals surface area contributed by atoms with Crippen LogP contribution in [-0.2, 0) is 0 Å². The van der Waals surface area contributed by atoms with E-state index in [4.69, 9.17) is 4.98 Å². The molecule has 1 aliphatic carbocycles. The molecule has 0 fully saturated rings. The van der Waals surface area contributed by atoms with Gasteiger partial charge < -0.3 is 0 Å². The number of allylic oxidation sites excluding steroid dienone is 3. The number of fused-ring (bicyclic) bond motifs is 1. The standard InChI is InChI=1S/C30H30N.C5H12.C2H6.K/c1-6-27(23(5)30-9-7-8-22(4)31-30)26-18-25-16-12-21(3)13-17-28(25)29(19-26)24-14-10-20(2)11-15-24;1-3-5-4-2;1-2;/h6-11,14-19,21H,2,5,12-13H2,1,3-4H3;3-5H2,1-2H3;1-2H3;/q-1;;;+1/b27-6+;;;. The largest absolute Gasteiger partial charge is 1.00 e. The quantitative estimate of drug-likeness (QED) is 0.194. The summed E-state index contributed by atoms with van der Waals surface area (Å²) in [6.07, 6.45) is 13.2. The van der Waals surface area contributed by atoms with Gasteiger partial charge in [0.2, 0.25) is 0 Å². The Balaban J connectivity index is 0.000000857. The van der Waals surface area contributed by atoms with E-state index in [-0.39, 0.29) is 51.4 Å². The molecule has 1 aliphatic rings. The van der Waals surface area contributed by atoms with Gasteiger partial charge in [0.25, 0.3) is 0 Å². The Labute approximate surface area is 281 Å². The molecule has 0 spiro atoms. The molecule has 0 saturated heterocycles. The summed E-state index contributed by atoms with van der Waals surface area (Å²) in [5.41, 5.74) is 8.71. The summed E-state index contributed by atoms with van der Waals surface area (Å²) in [5.74, 6) is 0.651. The number of aryl methyl sites for hydroxylation is 1. The predicted octanol–water partition coefficient (Wildman–Crippen LogP) is 6.57. The Kier molecular flexibility index (Phi) is 16.9. The number of hydrogen-bond donors (Lipinski definition) is 0. The fourth-order valence-corrected chi connectivity index (χ4v) is 4.61. The summed E-state index contributed by atoms with van der Waals surface area (Å²) in [6.45, 7) is 23.3.